The molecule has 0 saturated carbocycles. The number of hydrogen-bond donors (Lipinski definition) is 1. The Kier molecular flexibility index (Phi) is 3.50. The molecule has 18 heavy (non-hydrogen) atoms. The van der Waals surface area contributed by atoms with Gasteiger partial charge < -0.3 is 19.9 Å². The number of fused-ring (bicyclic) bond motifs is 1. The van der Waals surface area contributed by atoms with Gasteiger partial charge in [-0.3, -0.25) is 0 Å². The highest BCUT2D eigenvalue weighted by Crippen LogP contribution is 2.34. The number of ether oxygens (including phenoxy) is 3. The SMILES string of the molecule is NC(c1cccc2c1OCCC2)C1COCCO1. The third kappa shape index (κ3) is 2.23. The summed E-state index contributed by atoms with van der Waals surface area (Å²) in [6.45, 7) is 2.62. The Hall–Kier alpha value is -1.10. The van der Waals surface area contributed by atoms with Crippen molar-refractivity contribution >= 4 is 0 Å². The largest absolute Gasteiger partial charge is 0.493 e. The van der Waals surface area contributed by atoms with Crippen LogP contribution in [0.25, 0.3) is 0 Å². The summed E-state index contributed by atoms with van der Waals surface area (Å²) in [5.74, 6) is 0.963. The van der Waals surface area contributed by atoms with Crippen LogP contribution in [0.4, 0.5) is 0 Å². The molecule has 1 saturated heterocycles. The Bertz CT molecular complexity index is 416. The lowest BCUT2D eigenvalue weighted by molar-refractivity contribution is -0.0977. The van der Waals surface area contributed by atoms with E-state index in [9.17, 15) is 0 Å². The van der Waals surface area contributed by atoms with Crippen molar-refractivity contribution in [1.29, 1.82) is 0 Å². The highest BCUT2D eigenvalue weighted by atomic mass is 16.6. The van der Waals surface area contributed by atoms with E-state index in [0.29, 0.717) is 19.8 Å². The van der Waals surface area contributed by atoms with Crippen LogP contribution in [-0.4, -0.2) is 32.5 Å². The van der Waals surface area contributed by atoms with Crippen LogP contribution in [0.2, 0.25) is 0 Å². The molecule has 2 atom stereocenters. The van der Waals surface area contributed by atoms with Gasteiger partial charge in [0.05, 0.1) is 32.5 Å². The molecule has 3 rings (SSSR count). The second-order valence-electron chi connectivity index (χ2n) is 4.80. The second kappa shape index (κ2) is 5.26. The van der Waals surface area contributed by atoms with Gasteiger partial charge in [-0.15, -0.1) is 0 Å². The average molecular weight is 249 g/mol. The summed E-state index contributed by atoms with van der Waals surface area (Å²) in [4.78, 5) is 0. The molecule has 1 fully saturated rings. The molecule has 0 bridgehead atoms. The first-order valence-corrected chi connectivity index (χ1v) is 6.56. The lowest BCUT2D eigenvalue weighted by Gasteiger charge is -2.30. The van der Waals surface area contributed by atoms with Crippen LogP contribution >= 0.6 is 0 Å². The van der Waals surface area contributed by atoms with Crippen molar-refractivity contribution in [1.82, 2.24) is 0 Å². The zero-order valence-corrected chi connectivity index (χ0v) is 10.4. The number of rotatable bonds is 2. The van der Waals surface area contributed by atoms with Crippen LogP contribution < -0.4 is 10.5 Å². The molecule has 4 heteroatoms. The van der Waals surface area contributed by atoms with Crippen molar-refractivity contribution in [2.45, 2.75) is 25.0 Å². The van der Waals surface area contributed by atoms with Crippen LogP contribution in [0.1, 0.15) is 23.6 Å². The third-order valence-electron chi connectivity index (χ3n) is 3.57. The standard InChI is InChI=1S/C14H19NO3/c15-13(12-9-16-7-8-17-12)11-5-1-3-10-4-2-6-18-14(10)11/h1,3,5,12-13H,2,4,6-9,15H2. The zero-order valence-electron chi connectivity index (χ0n) is 10.4. The highest BCUT2D eigenvalue weighted by molar-refractivity contribution is 5.44. The predicted octanol–water partition coefficient (Wildman–Crippen LogP) is 1.43. The molecule has 98 valence electrons. The average Bonchev–Trinajstić information content (AvgIpc) is 2.47. The van der Waals surface area contributed by atoms with Gasteiger partial charge in [0.1, 0.15) is 11.9 Å². The molecule has 0 aromatic heterocycles. The molecule has 0 spiro atoms. The van der Waals surface area contributed by atoms with Gasteiger partial charge >= 0.3 is 0 Å². The van der Waals surface area contributed by atoms with Gasteiger partial charge in [0, 0.05) is 5.56 Å². The van der Waals surface area contributed by atoms with E-state index in [1.54, 1.807) is 0 Å². The molecule has 0 amide bonds. The van der Waals surface area contributed by atoms with Gasteiger partial charge in [-0.1, -0.05) is 18.2 Å². The van der Waals surface area contributed by atoms with Gasteiger partial charge in [0.2, 0.25) is 0 Å². The van der Waals surface area contributed by atoms with Crippen LogP contribution in [0.3, 0.4) is 0 Å². The van der Waals surface area contributed by atoms with Crippen molar-refractivity contribution in [3.05, 3.63) is 29.3 Å². The Morgan fingerprint density at radius 1 is 1.22 bits per heavy atom. The molecule has 4 nitrogen and oxygen atoms in total. The minimum atomic E-state index is -0.182. The summed E-state index contributed by atoms with van der Waals surface area (Å²) >= 11 is 0. The normalized spacial score (nSPS) is 25.1. The van der Waals surface area contributed by atoms with E-state index >= 15 is 0 Å². The van der Waals surface area contributed by atoms with E-state index < -0.39 is 0 Å². The molecule has 1 aromatic carbocycles. The quantitative estimate of drug-likeness (QED) is 0.861. The van der Waals surface area contributed by atoms with E-state index in [0.717, 1.165) is 30.8 Å². The molecule has 2 N–H and O–H groups in total. The Morgan fingerprint density at radius 2 is 2.17 bits per heavy atom. The van der Waals surface area contributed by atoms with Crippen molar-refractivity contribution in [2.24, 2.45) is 5.73 Å². The number of para-hydroxylation sites is 1. The Labute approximate surface area is 107 Å². The van der Waals surface area contributed by atoms with E-state index in [4.69, 9.17) is 19.9 Å². The van der Waals surface area contributed by atoms with E-state index in [1.807, 2.05) is 12.1 Å². The van der Waals surface area contributed by atoms with E-state index in [-0.39, 0.29) is 12.1 Å². The van der Waals surface area contributed by atoms with Crippen LogP contribution in [-0.2, 0) is 15.9 Å². The summed E-state index contributed by atoms with van der Waals surface area (Å²) in [6.07, 6.45) is 2.07. The molecule has 1 aromatic rings. The maximum atomic E-state index is 6.31. The number of hydrogen-bond acceptors (Lipinski definition) is 4. The number of nitrogens with two attached hydrogens (primary N) is 1. The lowest BCUT2D eigenvalue weighted by atomic mass is 9.95. The van der Waals surface area contributed by atoms with Crippen LogP contribution in [0.5, 0.6) is 5.75 Å². The van der Waals surface area contributed by atoms with Gasteiger partial charge in [-0.05, 0) is 18.4 Å². The summed E-state index contributed by atoms with van der Waals surface area (Å²) < 4.78 is 16.9. The molecule has 0 aliphatic carbocycles. The van der Waals surface area contributed by atoms with E-state index in [1.165, 1.54) is 5.56 Å². The highest BCUT2D eigenvalue weighted by Gasteiger charge is 2.27. The summed E-state index contributed by atoms with van der Waals surface area (Å²) in [7, 11) is 0. The molecular formula is C14H19NO3. The first-order valence-electron chi connectivity index (χ1n) is 6.56. The van der Waals surface area contributed by atoms with Gasteiger partial charge in [0.15, 0.2) is 0 Å². The fourth-order valence-corrected chi connectivity index (χ4v) is 2.59. The lowest BCUT2D eigenvalue weighted by Crippen LogP contribution is -2.38. The molecular weight excluding hydrogens is 230 g/mol. The van der Waals surface area contributed by atoms with Crippen molar-refractivity contribution < 1.29 is 14.2 Å². The van der Waals surface area contributed by atoms with E-state index in [2.05, 4.69) is 6.07 Å². The molecule has 2 heterocycles. The molecule has 2 aliphatic rings. The zero-order chi connectivity index (χ0) is 12.4. The summed E-state index contributed by atoms with van der Waals surface area (Å²) in [5.41, 5.74) is 8.61. The number of aryl methyl sites for hydroxylation is 1. The number of benzene rings is 1. The first kappa shape index (κ1) is 12.0. The Balaban J connectivity index is 1.86. The van der Waals surface area contributed by atoms with Gasteiger partial charge in [0.25, 0.3) is 0 Å². The maximum Gasteiger partial charge on any atom is 0.127 e. The smallest absolute Gasteiger partial charge is 0.127 e. The molecule has 2 aliphatic heterocycles. The Morgan fingerprint density at radius 3 is 3.00 bits per heavy atom. The minimum absolute atomic E-state index is 0.0734. The summed E-state index contributed by atoms with van der Waals surface area (Å²) in [6, 6.07) is 6.01. The predicted molar refractivity (Wildman–Crippen MR) is 67.7 cm³/mol. The van der Waals surface area contributed by atoms with Crippen LogP contribution in [0, 0.1) is 0 Å². The van der Waals surface area contributed by atoms with Crippen molar-refractivity contribution in [2.75, 3.05) is 26.4 Å². The van der Waals surface area contributed by atoms with Crippen molar-refractivity contribution in [3.8, 4) is 5.75 Å². The maximum absolute atomic E-state index is 6.31. The van der Waals surface area contributed by atoms with Crippen molar-refractivity contribution in [3.63, 3.8) is 0 Å². The summed E-state index contributed by atoms with van der Waals surface area (Å²) in [5, 5.41) is 0. The topological polar surface area (TPSA) is 53.7 Å². The second-order valence-corrected chi connectivity index (χ2v) is 4.80. The van der Waals surface area contributed by atoms with Gasteiger partial charge in [-0.2, -0.15) is 0 Å². The minimum Gasteiger partial charge on any atom is -0.493 e. The monoisotopic (exact) mass is 249 g/mol. The fourth-order valence-electron chi connectivity index (χ4n) is 2.59. The first-order chi connectivity index (χ1) is 8.86. The molecule has 2 unspecified atom stereocenters. The van der Waals surface area contributed by atoms with Gasteiger partial charge in [-0.25, -0.2) is 0 Å². The third-order valence-corrected chi connectivity index (χ3v) is 3.57. The fraction of sp³-hybridized carbons (Fsp3) is 0.571. The van der Waals surface area contributed by atoms with Crippen LogP contribution in [0.15, 0.2) is 18.2 Å². The molecule has 0 radical (unpaired) electrons.